The van der Waals surface area contributed by atoms with Gasteiger partial charge in [-0.1, -0.05) is 24.3 Å². The Hall–Kier alpha value is -2.15. The number of thioether (sulfide) groups is 1. The Labute approximate surface area is 108 Å². The number of para-hydroxylation sites is 1. The summed E-state index contributed by atoms with van der Waals surface area (Å²) in [5, 5.41) is 14.1. The molecule has 0 unspecified atom stereocenters. The molecule has 0 aliphatic rings. The van der Waals surface area contributed by atoms with Crippen molar-refractivity contribution in [1.29, 1.82) is 0 Å². The molecule has 0 fully saturated rings. The Morgan fingerprint density at radius 3 is 2.94 bits per heavy atom. The van der Waals surface area contributed by atoms with Crippen LogP contribution in [-0.4, -0.2) is 32.0 Å². The lowest BCUT2D eigenvalue weighted by molar-refractivity contribution is 0.261. The highest BCUT2D eigenvalue weighted by Crippen LogP contribution is 2.18. The third-order valence-corrected chi connectivity index (χ3v) is 2.78. The average molecular weight is 261 g/mol. The normalized spacial score (nSPS) is 10.0. The van der Waals surface area contributed by atoms with Crippen LogP contribution in [-0.2, 0) is 0 Å². The topological polar surface area (TPSA) is 72.7 Å². The van der Waals surface area contributed by atoms with E-state index in [1.165, 1.54) is 4.68 Å². The predicted octanol–water partition coefficient (Wildman–Crippen LogP) is 1.65. The summed E-state index contributed by atoms with van der Waals surface area (Å²) in [6.07, 6.45) is 1.61. The molecule has 2 aromatic rings. The number of tetrazole rings is 1. The van der Waals surface area contributed by atoms with E-state index in [2.05, 4.69) is 27.4 Å². The molecule has 92 valence electrons. The highest BCUT2D eigenvalue weighted by molar-refractivity contribution is 8.13. The Kier molecular flexibility index (Phi) is 4.08. The Morgan fingerprint density at radius 1 is 1.44 bits per heavy atom. The maximum atomic E-state index is 11.5. The Morgan fingerprint density at radius 2 is 2.22 bits per heavy atom. The van der Waals surface area contributed by atoms with Crippen LogP contribution in [0.5, 0.6) is 0 Å². The molecule has 0 spiro atoms. The summed E-state index contributed by atoms with van der Waals surface area (Å²) < 4.78 is 1.51. The van der Waals surface area contributed by atoms with E-state index in [1.807, 2.05) is 30.3 Å². The Balaban J connectivity index is 2.13. The highest BCUT2D eigenvalue weighted by atomic mass is 32.2. The van der Waals surface area contributed by atoms with Gasteiger partial charge < -0.3 is 5.32 Å². The van der Waals surface area contributed by atoms with E-state index >= 15 is 0 Å². The second kappa shape index (κ2) is 5.97. The monoisotopic (exact) mass is 261 g/mol. The van der Waals surface area contributed by atoms with E-state index in [1.54, 1.807) is 6.08 Å². The summed E-state index contributed by atoms with van der Waals surface area (Å²) >= 11 is 0.941. The molecule has 18 heavy (non-hydrogen) atoms. The fraction of sp³-hybridized carbons (Fsp3) is 0.0909. The van der Waals surface area contributed by atoms with Crippen LogP contribution >= 0.6 is 11.8 Å². The number of aromatic nitrogens is 4. The van der Waals surface area contributed by atoms with Crippen LogP contribution < -0.4 is 5.32 Å². The molecule has 1 aromatic carbocycles. The molecule has 0 bridgehead atoms. The summed E-state index contributed by atoms with van der Waals surface area (Å²) in [6, 6.07) is 9.38. The smallest absolute Gasteiger partial charge is 0.287 e. The van der Waals surface area contributed by atoms with Crippen molar-refractivity contribution in [2.24, 2.45) is 0 Å². The van der Waals surface area contributed by atoms with E-state index < -0.39 is 0 Å². The standard InChI is InChI=1S/C11H11N5OS/c1-2-8-12-11(17)18-10-13-14-15-16(10)9-6-4-3-5-7-9/h2-7H,1,8H2,(H,12,17). The molecule has 0 saturated carbocycles. The minimum absolute atomic E-state index is 0.220. The predicted molar refractivity (Wildman–Crippen MR) is 68.6 cm³/mol. The molecule has 0 atom stereocenters. The number of benzene rings is 1. The lowest BCUT2D eigenvalue weighted by Crippen LogP contribution is -2.18. The number of nitrogens with zero attached hydrogens (tertiary/aromatic N) is 4. The van der Waals surface area contributed by atoms with Crippen LogP contribution in [0.25, 0.3) is 5.69 Å². The van der Waals surface area contributed by atoms with Gasteiger partial charge in [0.2, 0.25) is 5.16 Å². The quantitative estimate of drug-likeness (QED) is 0.669. The average Bonchev–Trinajstić information content (AvgIpc) is 2.85. The minimum atomic E-state index is -0.220. The SMILES string of the molecule is C=CCNC(=O)Sc1nnnn1-c1ccccc1. The molecule has 6 nitrogen and oxygen atoms in total. The summed E-state index contributed by atoms with van der Waals surface area (Å²) in [5.41, 5.74) is 0.807. The molecule has 1 heterocycles. The molecule has 0 radical (unpaired) electrons. The van der Waals surface area contributed by atoms with Crippen LogP contribution in [0.3, 0.4) is 0 Å². The highest BCUT2D eigenvalue weighted by Gasteiger charge is 2.12. The maximum Gasteiger partial charge on any atom is 0.287 e. The largest absolute Gasteiger partial charge is 0.343 e. The van der Waals surface area contributed by atoms with Gasteiger partial charge in [0.15, 0.2) is 0 Å². The number of amides is 1. The third-order valence-electron chi connectivity index (χ3n) is 2.02. The van der Waals surface area contributed by atoms with Crippen molar-refractivity contribution in [1.82, 2.24) is 25.5 Å². The van der Waals surface area contributed by atoms with Gasteiger partial charge in [0.1, 0.15) is 0 Å². The van der Waals surface area contributed by atoms with Gasteiger partial charge in [-0.05, 0) is 22.6 Å². The molecule has 0 aliphatic heterocycles. The minimum Gasteiger partial charge on any atom is -0.343 e. The van der Waals surface area contributed by atoms with Crippen LogP contribution in [0.15, 0.2) is 48.1 Å². The number of hydrogen-bond acceptors (Lipinski definition) is 5. The number of rotatable bonds is 4. The van der Waals surface area contributed by atoms with Gasteiger partial charge >= 0.3 is 0 Å². The van der Waals surface area contributed by atoms with Crippen LogP contribution in [0.4, 0.5) is 4.79 Å². The summed E-state index contributed by atoms with van der Waals surface area (Å²) in [6.45, 7) is 3.94. The van der Waals surface area contributed by atoms with Crippen molar-refractivity contribution in [3.63, 3.8) is 0 Å². The number of nitrogens with one attached hydrogen (secondary N) is 1. The molecule has 1 N–H and O–H groups in total. The second-order valence-electron chi connectivity index (χ2n) is 3.27. The molecular weight excluding hydrogens is 250 g/mol. The number of hydrogen-bond donors (Lipinski definition) is 1. The molecule has 7 heteroatoms. The van der Waals surface area contributed by atoms with Crippen LogP contribution in [0.1, 0.15) is 0 Å². The van der Waals surface area contributed by atoms with Crippen LogP contribution in [0.2, 0.25) is 0 Å². The lowest BCUT2D eigenvalue weighted by Gasteiger charge is -2.03. The second-order valence-corrected chi connectivity index (χ2v) is 4.21. The molecular formula is C11H11N5OS. The van der Waals surface area contributed by atoms with E-state index in [0.29, 0.717) is 11.7 Å². The lowest BCUT2D eigenvalue weighted by atomic mass is 10.3. The van der Waals surface area contributed by atoms with Crippen molar-refractivity contribution in [3.8, 4) is 5.69 Å². The van der Waals surface area contributed by atoms with Crippen molar-refractivity contribution < 1.29 is 4.79 Å². The van der Waals surface area contributed by atoms with Gasteiger partial charge in [-0.3, -0.25) is 4.79 Å². The molecule has 2 rings (SSSR count). The molecule has 1 aromatic heterocycles. The fourth-order valence-corrected chi connectivity index (χ4v) is 1.88. The van der Waals surface area contributed by atoms with Gasteiger partial charge in [-0.25, -0.2) is 0 Å². The molecule has 0 saturated heterocycles. The van der Waals surface area contributed by atoms with E-state index in [4.69, 9.17) is 0 Å². The van der Waals surface area contributed by atoms with E-state index in [0.717, 1.165) is 17.4 Å². The summed E-state index contributed by atoms with van der Waals surface area (Å²) in [5.74, 6) is 0. The summed E-state index contributed by atoms with van der Waals surface area (Å²) in [4.78, 5) is 11.5. The maximum absolute atomic E-state index is 11.5. The first-order chi connectivity index (χ1) is 8.81. The molecule has 0 aliphatic carbocycles. The zero-order chi connectivity index (χ0) is 12.8. The molecule has 1 amide bonds. The zero-order valence-corrected chi connectivity index (χ0v) is 10.3. The van der Waals surface area contributed by atoms with Gasteiger partial charge in [-0.15, -0.1) is 11.7 Å². The zero-order valence-electron chi connectivity index (χ0n) is 9.48. The van der Waals surface area contributed by atoms with Crippen molar-refractivity contribution >= 4 is 17.0 Å². The third kappa shape index (κ3) is 2.95. The van der Waals surface area contributed by atoms with Gasteiger partial charge in [0.05, 0.1) is 5.69 Å². The first kappa shape index (κ1) is 12.3. The van der Waals surface area contributed by atoms with Crippen molar-refractivity contribution in [2.45, 2.75) is 5.16 Å². The first-order valence-corrected chi connectivity index (χ1v) is 6.03. The van der Waals surface area contributed by atoms with E-state index in [9.17, 15) is 4.79 Å². The van der Waals surface area contributed by atoms with Crippen LogP contribution in [0, 0.1) is 0 Å². The van der Waals surface area contributed by atoms with Gasteiger partial charge in [0.25, 0.3) is 5.24 Å². The summed E-state index contributed by atoms with van der Waals surface area (Å²) in [7, 11) is 0. The first-order valence-electron chi connectivity index (χ1n) is 5.21. The van der Waals surface area contributed by atoms with Gasteiger partial charge in [0, 0.05) is 18.3 Å². The van der Waals surface area contributed by atoms with Gasteiger partial charge in [-0.2, -0.15) is 4.68 Å². The fourth-order valence-electron chi connectivity index (χ4n) is 1.25. The number of carbonyl (C=O) groups excluding carboxylic acids is 1. The van der Waals surface area contributed by atoms with Crippen molar-refractivity contribution in [3.05, 3.63) is 43.0 Å². The Bertz CT molecular complexity index is 539. The number of carbonyl (C=O) groups is 1. The van der Waals surface area contributed by atoms with E-state index in [-0.39, 0.29) is 5.24 Å². The van der Waals surface area contributed by atoms with Crippen molar-refractivity contribution in [2.75, 3.05) is 6.54 Å².